The molecule has 2 heterocycles. The summed E-state index contributed by atoms with van der Waals surface area (Å²) in [6.45, 7) is 3.04. The summed E-state index contributed by atoms with van der Waals surface area (Å²) in [5.41, 5.74) is 0.966. The van der Waals surface area contributed by atoms with E-state index in [9.17, 15) is 4.79 Å². The van der Waals surface area contributed by atoms with Crippen LogP contribution in [0.1, 0.15) is 26.5 Å². The smallest absolute Gasteiger partial charge is 0.261 e. The molecule has 1 unspecified atom stereocenters. The van der Waals surface area contributed by atoms with Gasteiger partial charge in [0, 0.05) is 6.61 Å². The number of carbonyl (C=O) groups is 1. The zero-order valence-electron chi connectivity index (χ0n) is 10.2. The lowest BCUT2D eigenvalue weighted by atomic mass is 10.2. The lowest BCUT2D eigenvalue weighted by Crippen LogP contribution is -2.34. The zero-order valence-corrected chi connectivity index (χ0v) is 11.0. The molecular weight excluding hydrogens is 250 g/mol. The van der Waals surface area contributed by atoms with Gasteiger partial charge in [0.25, 0.3) is 5.91 Å². The molecule has 1 aromatic rings. The number of nitrogens with one attached hydrogen (secondary N) is 1. The third-order valence-corrected chi connectivity index (χ3v) is 3.84. The highest BCUT2D eigenvalue weighted by Crippen LogP contribution is 2.21. The number of amides is 1. The van der Waals surface area contributed by atoms with E-state index in [0.717, 1.165) is 16.9 Å². The van der Waals surface area contributed by atoms with Crippen molar-refractivity contribution < 1.29 is 14.6 Å². The van der Waals surface area contributed by atoms with E-state index in [1.807, 2.05) is 13.0 Å². The predicted molar refractivity (Wildman–Crippen MR) is 69.7 cm³/mol. The van der Waals surface area contributed by atoms with Crippen LogP contribution in [-0.4, -0.2) is 36.9 Å². The van der Waals surface area contributed by atoms with E-state index in [1.165, 1.54) is 11.3 Å². The topological polar surface area (TPSA) is 58.6 Å². The van der Waals surface area contributed by atoms with Crippen LogP contribution in [0.15, 0.2) is 6.07 Å². The Balaban J connectivity index is 2.06. The third-order valence-electron chi connectivity index (χ3n) is 2.69. The minimum Gasteiger partial charge on any atom is -0.384 e. The fraction of sp³-hybridized carbons (Fsp3) is 0.462. The monoisotopic (exact) mass is 265 g/mol. The molecule has 1 amide bonds. The number of carbonyl (C=O) groups excluding carboxylic acids is 1. The molecule has 1 atom stereocenters. The van der Waals surface area contributed by atoms with Crippen LogP contribution in [0.25, 0.3) is 0 Å². The summed E-state index contributed by atoms with van der Waals surface area (Å²) in [5, 5.41) is 11.6. The first kappa shape index (κ1) is 13.1. The Kier molecular flexibility index (Phi) is 4.37. The van der Waals surface area contributed by atoms with Gasteiger partial charge in [0.1, 0.15) is 6.61 Å². The molecule has 96 valence electrons. The Morgan fingerprint density at radius 3 is 3.22 bits per heavy atom. The average molecular weight is 265 g/mol. The van der Waals surface area contributed by atoms with Gasteiger partial charge in [-0.25, -0.2) is 0 Å². The normalized spacial score (nSPS) is 18.2. The van der Waals surface area contributed by atoms with Crippen LogP contribution < -0.4 is 5.32 Å². The van der Waals surface area contributed by atoms with Gasteiger partial charge in [0.05, 0.1) is 22.4 Å². The number of hydrogen-bond donors (Lipinski definition) is 2. The Bertz CT molecular complexity index is 492. The van der Waals surface area contributed by atoms with Crippen LogP contribution in [0.4, 0.5) is 0 Å². The molecule has 0 aliphatic carbocycles. The fourth-order valence-corrected chi connectivity index (χ4v) is 2.69. The Labute approximate surface area is 110 Å². The summed E-state index contributed by atoms with van der Waals surface area (Å²) in [6.07, 6.45) is 0.868. The first-order valence-electron chi connectivity index (χ1n) is 5.79. The van der Waals surface area contributed by atoms with Crippen LogP contribution in [0.2, 0.25) is 0 Å². The van der Waals surface area contributed by atoms with E-state index < -0.39 is 0 Å². The molecule has 18 heavy (non-hydrogen) atoms. The highest BCUT2D eigenvalue weighted by Gasteiger charge is 2.20. The highest BCUT2D eigenvalue weighted by molar-refractivity contribution is 7.14. The first-order valence-corrected chi connectivity index (χ1v) is 6.61. The number of thiophene rings is 1. The number of aliphatic hydroxyl groups is 1. The second-order valence-corrected chi connectivity index (χ2v) is 5.17. The van der Waals surface area contributed by atoms with Crippen LogP contribution >= 0.6 is 11.3 Å². The maximum atomic E-state index is 12.0. The quantitative estimate of drug-likeness (QED) is 0.782. The molecule has 1 aromatic heterocycles. The van der Waals surface area contributed by atoms with Gasteiger partial charge < -0.3 is 15.2 Å². The standard InChI is InChI=1S/C13H15NO3S/c1-9-7-12(18-11(9)3-2-5-15)13(16)14-10-4-6-17-8-10/h7,10,15H,4-6,8H2,1H3,(H,14,16). The molecule has 0 saturated carbocycles. The number of ether oxygens (including phenoxy) is 1. The van der Waals surface area contributed by atoms with Gasteiger partial charge in [-0.05, 0) is 25.0 Å². The first-order chi connectivity index (χ1) is 8.70. The molecule has 1 fully saturated rings. The number of aryl methyl sites for hydroxylation is 1. The van der Waals surface area contributed by atoms with Crippen molar-refractivity contribution in [1.29, 1.82) is 0 Å². The Morgan fingerprint density at radius 1 is 1.72 bits per heavy atom. The van der Waals surface area contributed by atoms with Crippen LogP contribution in [0, 0.1) is 18.8 Å². The van der Waals surface area contributed by atoms with Gasteiger partial charge in [-0.3, -0.25) is 4.79 Å². The minimum absolute atomic E-state index is 0.0735. The molecule has 1 aliphatic rings. The molecule has 0 radical (unpaired) electrons. The number of hydrogen-bond acceptors (Lipinski definition) is 4. The summed E-state index contributed by atoms with van der Waals surface area (Å²) in [5.74, 6) is 5.37. The van der Waals surface area contributed by atoms with Crippen molar-refractivity contribution in [2.45, 2.75) is 19.4 Å². The van der Waals surface area contributed by atoms with E-state index in [2.05, 4.69) is 17.2 Å². The Hall–Kier alpha value is -1.35. The molecule has 2 N–H and O–H groups in total. The van der Waals surface area contributed by atoms with Crippen molar-refractivity contribution in [2.24, 2.45) is 0 Å². The SMILES string of the molecule is Cc1cc(C(=O)NC2CCOC2)sc1C#CCO. The van der Waals surface area contributed by atoms with Crippen molar-refractivity contribution in [3.05, 3.63) is 21.4 Å². The van der Waals surface area contributed by atoms with E-state index in [1.54, 1.807) is 0 Å². The molecule has 4 nitrogen and oxygen atoms in total. The minimum atomic E-state index is -0.168. The van der Waals surface area contributed by atoms with Gasteiger partial charge in [0.15, 0.2) is 0 Å². The maximum Gasteiger partial charge on any atom is 0.261 e. The van der Waals surface area contributed by atoms with Crippen molar-refractivity contribution in [2.75, 3.05) is 19.8 Å². The highest BCUT2D eigenvalue weighted by atomic mass is 32.1. The fourth-order valence-electron chi connectivity index (χ4n) is 1.74. The van der Waals surface area contributed by atoms with Crippen molar-refractivity contribution in [3.63, 3.8) is 0 Å². The summed E-state index contributed by atoms with van der Waals surface area (Å²) in [6, 6.07) is 1.95. The van der Waals surface area contributed by atoms with Crippen molar-refractivity contribution in [3.8, 4) is 11.8 Å². The molecule has 0 spiro atoms. The number of aliphatic hydroxyl groups excluding tert-OH is 1. The molecule has 5 heteroatoms. The molecular formula is C13H15NO3S. The van der Waals surface area contributed by atoms with Gasteiger partial charge in [-0.15, -0.1) is 11.3 Å². The summed E-state index contributed by atoms with van der Waals surface area (Å²) in [4.78, 5) is 13.5. The van der Waals surface area contributed by atoms with Crippen molar-refractivity contribution >= 4 is 17.2 Å². The maximum absolute atomic E-state index is 12.0. The molecule has 2 rings (SSSR count). The summed E-state index contributed by atoms with van der Waals surface area (Å²) < 4.78 is 5.21. The second-order valence-electron chi connectivity index (χ2n) is 4.12. The van der Waals surface area contributed by atoms with Gasteiger partial charge in [-0.1, -0.05) is 11.8 Å². The zero-order chi connectivity index (χ0) is 13.0. The van der Waals surface area contributed by atoms with Gasteiger partial charge in [0.2, 0.25) is 0 Å². The number of rotatable bonds is 2. The largest absolute Gasteiger partial charge is 0.384 e. The molecule has 0 bridgehead atoms. The Morgan fingerprint density at radius 2 is 2.56 bits per heavy atom. The van der Waals surface area contributed by atoms with E-state index in [4.69, 9.17) is 9.84 Å². The van der Waals surface area contributed by atoms with Crippen LogP contribution in [0.3, 0.4) is 0 Å². The average Bonchev–Trinajstić information content (AvgIpc) is 2.96. The van der Waals surface area contributed by atoms with E-state index >= 15 is 0 Å². The third kappa shape index (κ3) is 3.10. The lowest BCUT2D eigenvalue weighted by molar-refractivity contribution is 0.0934. The molecule has 1 aliphatic heterocycles. The van der Waals surface area contributed by atoms with E-state index in [-0.39, 0.29) is 18.6 Å². The predicted octanol–water partition coefficient (Wildman–Crippen LogP) is 0.919. The van der Waals surface area contributed by atoms with Crippen LogP contribution in [-0.2, 0) is 4.74 Å². The summed E-state index contributed by atoms with van der Waals surface area (Å²) >= 11 is 1.35. The molecule has 1 saturated heterocycles. The van der Waals surface area contributed by atoms with E-state index in [0.29, 0.717) is 18.1 Å². The van der Waals surface area contributed by atoms with Crippen LogP contribution in [0.5, 0.6) is 0 Å². The van der Waals surface area contributed by atoms with Gasteiger partial charge in [-0.2, -0.15) is 0 Å². The van der Waals surface area contributed by atoms with Crippen molar-refractivity contribution in [1.82, 2.24) is 5.32 Å². The summed E-state index contributed by atoms with van der Waals surface area (Å²) in [7, 11) is 0. The molecule has 0 aromatic carbocycles. The second kappa shape index (κ2) is 6.01. The lowest BCUT2D eigenvalue weighted by Gasteiger charge is -2.08. The van der Waals surface area contributed by atoms with Gasteiger partial charge >= 0.3 is 0 Å².